The zero-order valence-corrected chi connectivity index (χ0v) is 10.1. The molecule has 0 spiro atoms. The van der Waals surface area contributed by atoms with E-state index in [2.05, 4.69) is 22.1 Å². The Bertz CT molecular complexity index is 94.1. The van der Waals surface area contributed by atoms with Crippen LogP contribution in [0.5, 0.6) is 0 Å². The topological polar surface area (TPSA) is 52.0 Å². The van der Waals surface area contributed by atoms with Crippen LogP contribution in [0.15, 0.2) is 0 Å². The number of rotatable bonds is 2. The molecule has 0 saturated heterocycles. The van der Waals surface area contributed by atoms with Crippen molar-refractivity contribution < 1.29 is 13.6 Å². The maximum absolute atomic E-state index is 5.86. The first kappa shape index (κ1) is 9.54. The van der Waals surface area contributed by atoms with E-state index in [1.54, 1.807) is 0 Å². The van der Waals surface area contributed by atoms with Gasteiger partial charge in [0.25, 0.3) is 0 Å². The second kappa shape index (κ2) is 2.30. The van der Waals surface area contributed by atoms with Crippen molar-refractivity contribution in [1.82, 2.24) is 0 Å². The molecule has 1 atom stereocenters. The Morgan fingerprint density at radius 1 is 1.22 bits per heavy atom. The van der Waals surface area contributed by atoms with Gasteiger partial charge in [0.15, 0.2) is 0 Å². The summed E-state index contributed by atoms with van der Waals surface area (Å²) in [5.41, 5.74) is 20.6. The molecule has 0 heterocycles. The summed E-state index contributed by atoms with van der Waals surface area (Å²) in [4.78, 5) is 0. The Labute approximate surface area is 58.7 Å². The average Bonchev–Trinajstić information content (AvgIpc) is 1.60. The summed E-state index contributed by atoms with van der Waals surface area (Å²) >= 11 is -2.43. The molecule has 1 unspecified atom stereocenters. The molecule has 0 aliphatic heterocycles. The summed E-state index contributed by atoms with van der Waals surface area (Å²) in [7, 11) is 0. The first-order valence-corrected chi connectivity index (χ1v) is 18.0. The minimum atomic E-state index is -2.43. The summed E-state index contributed by atoms with van der Waals surface area (Å²) < 4.78 is 0.291. The standard InChI is InChI=1S/C2H7N2.4CH3.Zn/c3-1-2-4;;;;;/h1H,2-4H2;4*1H3;. The van der Waals surface area contributed by atoms with Crippen molar-refractivity contribution >= 4 is 0 Å². The molecule has 0 fully saturated rings. The third kappa shape index (κ3) is 3.29. The van der Waals surface area contributed by atoms with Gasteiger partial charge in [-0.05, 0) is 0 Å². The van der Waals surface area contributed by atoms with Crippen LogP contribution in [0.25, 0.3) is 0 Å². The van der Waals surface area contributed by atoms with Gasteiger partial charge in [-0.15, -0.1) is 0 Å². The molecule has 0 amide bonds. The molecule has 55 valence electrons. The normalized spacial score (nSPS) is 17.7. The summed E-state index contributed by atoms with van der Waals surface area (Å²) in [6.07, 6.45) is 0. The number of nitrogens with two attached hydrogens (primary N) is 2. The van der Waals surface area contributed by atoms with E-state index >= 15 is 0 Å². The molecular formula is C6H19N2Zn. The second-order valence-electron chi connectivity index (χ2n) is 6.87. The molecule has 0 saturated carbocycles. The van der Waals surface area contributed by atoms with Gasteiger partial charge in [-0.25, -0.2) is 0 Å². The SMILES string of the molecule is [CH3][Zn]([CH3])([CH3])([CH3])[CH](N)CN. The van der Waals surface area contributed by atoms with Crippen LogP contribution in [0.4, 0.5) is 0 Å². The van der Waals surface area contributed by atoms with Crippen molar-refractivity contribution in [3.63, 3.8) is 0 Å². The number of hydrogen-bond donors (Lipinski definition) is 2. The van der Waals surface area contributed by atoms with Crippen LogP contribution in [-0.2, 0) is 13.6 Å². The number of hydrogen-bond acceptors (Lipinski definition) is 2. The molecule has 0 aliphatic rings. The Hall–Kier alpha value is 0.543. The predicted molar refractivity (Wildman–Crippen MR) is 40.5 cm³/mol. The van der Waals surface area contributed by atoms with Crippen LogP contribution in [0, 0.1) is 0 Å². The van der Waals surface area contributed by atoms with Gasteiger partial charge in [-0.2, -0.15) is 0 Å². The quantitative estimate of drug-likeness (QED) is 0.632. The van der Waals surface area contributed by atoms with Crippen molar-refractivity contribution in [2.75, 3.05) is 6.54 Å². The fraction of sp³-hybridized carbons (Fsp3) is 1.00. The van der Waals surface area contributed by atoms with Crippen LogP contribution in [0.2, 0.25) is 22.1 Å². The van der Waals surface area contributed by atoms with Crippen LogP contribution in [0.3, 0.4) is 0 Å². The third-order valence-electron chi connectivity index (χ3n) is 2.40. The van der Waals surface area contributed by atoms with Crippen molar-refractivity contribution in [3.05, 3.63) is 0 Å². The molecule has 0 aromatic heterocycles. The zero-order valence-electron chi connectivity index (χ0n) is 7.15. The van der Waals surface area contributed by atoms with Crippen molar-refractivity contribution in [3.8, 4) is 0 Å². The van der Waals surface area contributed by atoms with Gasteiger partial charge in [-0.3, -0.25) is 0 Å². The Morgan fingerprint density at radius 2 is 1.56 bits per heavy atom. The van der Waals surface area contributed by atoms with E-state index in [-0.39, 0.29) is 0 Å². The molecule has 0 bridgehead atoms. The van der Waals surface area contributed by atoms with Gasteiger partial charge in [-0.1, -0.05) is 0 Å². The monoisotopic (exact) mass is 183 g/mol. The van der Waals surface area contributed by atoms with Gasteiger partial charge < -0.3 is 0 Å². The molecule has 0 rings (SSSR count). The van der Waals surface area contributed by atoms with Crippen LogP contribution in [-0.4, -0.2) is 11.2 Å². The first-order chi connectivity index (χ1) is 3.74. The fourth-order valence-electron chi connectivity index (χ4n) is 0.667. The second-order valence-corrected chi connectivity index (χ2v) is 33.7. The first-order valence-electron chi connectivity index (χ1n) is 4.39. The van der Waals surface area contributed by atoms with E-state index in [0.717, 1.165) is 0 Å². The van der Waals surface area contributed by atoms with E-state index in [1.807, 2.05) is 0 Å². The minimum absolute atomic E-state index is 0.291. The Morgan fingerprint density at radius 3 is 1.56 bits per heavy atom. The molecular weight excluding hydrogens is 165 g/mol. The van der Waals surface area contributed by atoms with Gasteiger partial charge in [0.2, 0.25) is 0 Å². The van der Waals surface area contributed by atoms with Gasteiger partial charge >= 0.3 is 58.3 Å². The predicted octanol–water partition coefficient (Wildman–Crippen LogP) is 1.11. The molecule has 3 heteroatoms. The van der Waals surface area contributed by atoms with Gasteiger partial charge in [0, 0.05) is 0 Å². The van der Waals surface area contributed by atoms with Gasteiger partial charge in [0.05, 0.1) is 0 Å². The van der Waals surface area contributed by atoms with E-state index < -0.39 is 13.6 Å². The molecule has 9 heavy (non-hydrogen) atoms. The summed E-state index contributed by atoms with van der Waals surface area (Å²) in [5, 5.41) is 0. The average molecular weight is 185 g/mol. The van der Waals surface area contributed by atoms with Crippen molar-refractivity contribution in [2.24, 2.45) is 11.5 Å². The third-order valence-corrected chi connectivity index (χ3v) is 11.9. The van der Waals surface area contributed by atoms with Crippen LogP contribution >= 0.6 is 0 Å². The van der Waals surface area contributed by atoms with E-state index in [1.165, 1.54) is 0 Å². The van der Waals surface area contributed by atoms with Crippen molar-refractivity contribution in [2.45, 2.75) is 26.7 Å². The summed E-state index contributed by atoms with van der Waals surface area (Å²) in [6.45, 7) is 0.647. The fourth-order valence-corrected chi connectivity index (χ4v) is 3.46. The van der Waals surface area contributed by atoms with E-state index in [4.69, 9.17) is 11.5 Å². The molecule has 0 aromatic carbocycles. The summed E-state index contributed by atoms with van der Waals surface area (Å²) in [6, 6.07) is 0. The Kier molecular flexibility index (Phi) is 2.44. The van der Waals surface area contributed by atoms with Crippen LogP contribution < -0.4 is 11.5 Å². The molecule has 4 N–H and O–H groups in total. The summed E-state index contributed by atoms with van der Waals surface area (Å²) in [5.74, 6) is 0. The molecule has 0 aromatic rings. The molecule has 2 nitrogen and oxygen atoms in total. The van der Waals surface area contributed by atoms with Crippen molar-refractivity contribution in [1.29, 1.82) is 0 Å². The Balaban J connectivity index is 4.16. The maximum atomic E-state index is 5.86. The zero-order chi connectivity index (χ0) is 7.73. The molecule has 0 radical (unpaired) electrons. The van der Waals surface area contributed by atoms with Gasteiger partial charge in [0.1, 0.15) is 0 Å². The molecule has 0 aliphatic carbocycles. The van der Waals surface area contributed by atoms with E-state index in [9.17, 15) is 0 Å². The van der Waals surface area contributed by atoms with Crippen LogP contribution in [0.1, 0.15) is 0 Å². The van der Waals surface area contributed by atoms with E-state index in [0.29, 0.717) is 11.2 Å².